The molecule has 1 aliphatic heterocycles. The second-order valence-electron chi connectivity index (χ2n) is 10.8. The molecule has 0 radical (unpaired) electrons. The predicted octanol–water partition coefficient (Wildman–Crippen LogP) is 5.33. The van der Waals surface area contributed by atoms with Crippen LogP contribution >= 0.6 is 11.6 Å². The van der Waals surface area contributed by atoms with E-state index in [1.165, 1.54) is 29.4 Å². The van der Waals surface area contributed by atoms with Gasteiger partial charge in [-0.05, 0) is 49.4 Å². The van der Waals surface area contributed by atoms with Gasteiger partial charge < -0.3 is 19.4 Å². The zero-order chi connectivity index (χ0) is 29.2. The Kier molecular flexibility index (Phi) is 6.26. The molecule has 2 aliphatic carbocycles. The average molecular weight is 596 g/mol. The Hall–Kier alpha value is -4.32. The van der Waals surface area contributed by atoms with Crippen molar-refractivity contribution in [2.75, 3.05) is 4.90 Å². The van der Waals surface area contributed by atoms with E-state index in [1.54, 1.807) is 18.2 Å². The molecule has 1 amide bonds. The van der Waals surface area contributed by atoms with Gasteiger partial charge >= 0.3 is 6.29 Å². The number of hydrogen-bond acceptors (Lipinski definition) is 7. The SMILES string of the molecule is O=C(CCC1CC1)c1cc(-c2nn(CC(=O)N(c3ccc4c(c3)OC(F)(F)O4)C3CC3)c(=O)c3[nH]cnc23)ccc1Cl. The van der Waals surface area contributed by atoms with Crippen LogP contribution in [0.4, 0.5) is 14.5 Å². The van der Waals surface area contributed by atoms with E-state index < -0.39 is 24.3 Å². The second-order valence-corrected chi connectivity index (χ2v) is 11.2. The standard InChI is InChI=1S/C29H24ClF2N5O5/c30-20-8-4-16(11-19(20)21(38)9-3-15-1-2-15)25-26-27(34-14-33-26)28(40)36(35-25)13-24(39)37(17-5-6-17)18-7-10-22-23(12-18)42-29(31,32)41-22/h4,7-8,10-12,14-15,17H,1-3,5-6,9,13H2,(H,33,34). The highest BCUT2D eigenvalue weighted by molar-refractivity contribution is 6.34. The molecular weight excluding hydrogens is 572 g/mol. The number of alkyl halides is 2. The van der Waals surface area contributed by atoms with Gasteiger partial charge in [-0.1, -0.05) is 30.5 Å². The Morgan fingerprint density at radius 1 is 1.10 bits per heavy atom. The van der Waals surface area contributed by atoms with Crippen LogP contribution in [0.1, 0.15) is 48.9 Å². The smallest absolute Gasteiger partial charge is 0.395 e. The summed E-state index contributed by atoms with van der Waals surface area (Å²) in [4.78, 5) is 48.5. The summed E-state index contributed by atoms with van der Waals surface area (Å²) < 4.78 is 37.2. The summed E-state index contributed by atoms with van der Waals surface area (Å²) >= 11 is 6.38. The Labute approximate surface area is 242 Å². The molecule has 10 nitrogen and oxygen atoms in total. The van der Waals surface area contributed by atoms with E-state index in [0.717, 1.165) is 23.9 Å². The van der Waals surface area contributed by atoms with Gasteiger partial charge in [0.25, 0.3) is 5.56 Å². The number of nitrogens with zero attached hydrogens (tertiary/aromatic N) is 4. The van der Waals surface area contributed by atoms with Crippen LogP contribution in [0.2, 0.25) is 5.02 Å². The van der Waals surface area contributed by atoms with Crippen molar-refractivity contribution in [3.63, 3.8) is 0 Å². The number of carbonyl (C=O) groups excluding carboxylic acids is 2. The number of halogens is 3. The van der Waals surface area contributed by atoms with Crippen molar-refractivity contribution in [2.24, 2.45) is 5.92 Å². The average Bonchev–Trinajstić information content (AvgIpc) is 3.88. The highest BCUT2D eigenvalue weighted by Crippen LogP contribution is 2.44. The van der Waals surface area contributed by atoms with Crippen LogP contribution in [-0.2, 0) is 11.3 Å². The molecule has 2 aromatic carbocycles. The molecule has 4 aromatic rings. The van der Waals surface area contributed by atoms with Crippen molar-refractivity contribution < 1.29 is 27.8 Å². The first kappa shape index (κ1) is 26.6. The number of hydrogen-bond donors (Lipinski definition) is 1. The minimum absolute atomic E-state index is 0.0721. The quantitative estimate of drug-likeness (QED) is 0.260. The van der Waals surface area contributed by atoms with Gasteiger partial charge in [0.05, 0.1) is 11.3 Å². The molecule has 216 valence electrons. The van der Waals surface area contributed by atoms with Gasteiger partial charge in [0.2, 0.25) is 5.91 Å². The Morgan fingerprint density at radius 3 is 2.64 bits per heavy atom. The number of nitrogens with one attached hydrogen (secondary N) is 1. The summed E-state index contributed by atoms with van der Waals surface area (Å²) in [6.07, 6.45) is 2.50. The van der Waals surface area contributed by atoms with Gasteiger partial charge in [0, 0.05) is 35.3 Å². The summed E-state index contributed by atoms with van der Waals surface area (Å²) in [5, 5.41) is 4.83. The minimum atomic E-state index is -3.79. The van der Waals surface area contributed by atoms with Crippen molar-refractivity contribution in [3.05, 3.63) is 63.7 Å². The first-order valence-electron chi connectivity index (χ1n) is 13.7. The molecule has 1 N–H and O–H groups in total. The number of imidazole rings is 1. The van der Waals surface area contributed by atoms with Crippen molar-refractivity contribution in [3.8, 4) is 22.8 Å². The molecule has 0 unspecified atom stereocenters. The van der Waals surface area contributed by atoms with E-state index in [9.17, 15) is 23.2 Å². The molecule has 0 bridgehead atoms. The number of benzene rings is 2. The number of carbonyl (C=O) groups is 2. The lowest BCUT2D eigenvalue weighted by Crippen LogP contribution is -2.39. The second kappa shape index (κ2) is 9.90. The van der Waals surface area contributed by atoms with E-state index in [2.05, 4.69) is 24.5 Å². The fraction of sp³-hybridized carbons (Fsp3) is 0.345. The van der Waals surface area contributed by atoms with Crippen LogP contribution in [0.25, 0.3) is 22.3 Å². The predicted molar refractivity (Wildman–Crippen MR) is 148 cm³/mol. The van der Waals surface area contributed by atoms with Crippen LogP contribution in [0.15, 0.2) is 47.5 Å². The summed E-state index contributed by atoms with van der Waals surface area (Å²) in [6, 6.07) is 8.91. The number of Topliss-reactive ketones (excluding diaryl/α,β-unsaturated/α-hetero) is 1. The molecule has 0 spiro atoms. The summed E-state index contributed by atoms with van der Waals surface area (Å²) in [7, 11) is 0. The van der Waals surface area contributed by atoms with E-state index in [-0.39, 0.29) is 34.4 Å². The fourth-order valence-electron chi connectivity index (χ4n) is 5.23. The minimum Gasteiger partial charge on any atom is -0.395 e. The molecule has 13 heteroatoms. The molecule has 7 rings (SSSR count). The Bertz CT molecular complexity index is 1810. The third kappa shape index (κ3) is 5.00. The van der Waals surface area contributed by atoms with Crippen molar-refractivity contribution >= 4 is 40.0 Å². The van der Waals surface area contributed by atoms with Crippen LogP contribution in [0, 0.1) is 5.92 Å². The van der Waals surface area contributed by atoms with Gasteiger partial charge in [-0.2, -0.15) is 5.10 Å². The number of H-pyrrole nitrogens is 1. The van der Waals surface area contributed by atoms with E-state index in [0.29, 0.717) is 52.7 Å². The molecule has 3 heterocycles. The number of ether oxygens (including phenoxy) is 2. The van der Waals surface area contributed by atoms with Gasteiger partial charge in [-0.15, -0.1) is 8.78 Å². The number of amides is 1. The third-order valence-corrected chi connectivity index (χ3v) is 8.01. The normalized spacial score (nSPS) is 17.0. The molecule has 2 aromatic heterocycles. The molecule has 3 aliphatic rings. The molecule has 0 atom stereocenters. The lowest BCUT2D eigenvalue weighted by Gasteiger charge is -2.23. The zero-order valence-electron chi connectivity index (χ0n) is 22.1. The summed E-state index contributed by atoms with van der Waals surface area (Å²) in [5.74, 6) is -0.256. The number of anilines is 1. The van der Waals surface area contributed by atoms with Gasteiger partial charge in [-0.25, -0.2) is 9.67 Å². The molecule has 2 fully saturated rings. The summed E-state index contributed by atoms with van der Waals surface area (Å²) in [5.41, 5.74) is 1.40. The van der Waals surface area contributed by atoms with Gasteiger partial charge in [0.15, 0.2) is 17.3 Å². The lowest BCUT2D eigenvalue weighted by atomic mass is 10.0. The molecular formula is C29H24ClF2N5O5. The molecule has 2 saturated carbocycles. The van der Waals surface area contributed by atoms with Gasteiger partial charge in [0.1, 0.15) is 23.3 Å². The lowest BCUT2D eigenvalue weighted by molar-refractivity contribution is -0.286. The van der Waals surface area contributed by atoms with Crippen LogP contribution in [-0.4, -0.2) is 43.8 Å². The number of ketones is 1. The maximum absolute atomic E-state index is 13.6. The first-order valence-corrected chi connectivity index (χ1v) is 14.0. The van der Waals surface area contributed by atoms with E-state index >= 15 is 0 Å². The van der Waals surface area contributed by atoms with Crippen molar-refractivity contribution in [1.29, 1.82) is 0 Å². The van der Waals surface area contributed by atoms with Crippen LogP contribution in [0.3, 0.4) is 0 Å². The Morgan fingerprint density at radius 2 is 1.88 bits per heavy atom. The van der Waals surface area contributed by atoms with Crippen molar-refractivity contribution in [2.45, 2.75) is 57.4 Å². The van der Waals surface area contributed by atoms with Gasteiger partial charge in [-0.3, -0.25) is 14.4 Å². The molecule has 0 saturated heterocycles. The molecule has 42 heavy (non-hydrogen) atoms. The summed E-state index contributed by atoms with van der Waals surface area (Å²) in [6.45, 7) is -0.428. The topological polar surface area (TPSA) is 119 Å². The number of rotatable bonds is 9. The zero-order valence-corrected chi connectivity index (χ0v) is 22.9. The highest BCUT2D eigenvalue weighted by Gasteiger charge is 2.44. The highest BCUT2D eigenvalue weighted by atomic mass is 35.5. The third-order valence-electron chi connectivity index (χ3n) is 7.68. The van der Waals surface area contributed by atoms with Crippen LogP contribution < -0.4 is 19.9 Å². The van der Waals surface area contributed by atoms with Crippen LogP contribution in [0.5, 0.6) is 11.5 Å². The number of aromatic amines is 1. The van der Waals surface area contributed by atoms with Crippen molar-refractivity contribution in [1.82, 2.24) is 19.7 Å². The largest absolute Gasteiger partial charge is 0.586 e. The monoisotopic (exact) mass is 595 g/mol. The first-order chi connectivity index (χ1) is 20.2. The number of fused-ring (bicyclic) bond motifs is 2. The number of aromatic nitrogens is 4. The maximum Gasteiger partial charge on any atom is 0.586 e. The Balaban J connectivity index is 1.22. The van der Waals surface area contributed by atoms with E-state index in [1.807, 2.05) is 0 Å². The maximum atomic E-state index is 13.6. The fourth-order valence-corrected chi connectivity index (χ4v) is 5.45. The van der Waals surface area contributed by atoms with E-state index in [4.69, 9.17) is 11.6 Å².